The predicted octanol–water partition coefficient (Wildman–Crippen LogP) is 2.31. The minimum absolute atomic E-state index is 0.134. The monoisotopic (exact) mass is 169 g/mol. The normalized spacial score (nSPS) is 12.2. The third kappa shape index (κ3) is 6.10. The van der Waals surface area contributed by atoms with E-state index < -0.39 is 0 Å². The van der Waals surface area contributed by atoms with Crippen molar-refractivity contribution in [1.29, 1.82) is 0 Å². The molecular formula is C10H19NO. The van der Waals surface area contributed by atoms with E-state index in [0.29, 0.717) is 6.61 Å². The first-order valence-electron chi connectivity index (χ1n) is 4.23. The molecule has 0 unspecified atom stereocenters. The fraction of sp³-hybridized carbons (Fsp3) is 0.700. The fourth-order valence-electron chi connectivity index (χ4n) is 0.880. The van der Waals surface area contributed by atoms with Crippen LogP contribution in [-0.2, 0) is 4.74 Å². The molecule has 12 heavy (non-hydrogen) atoms. The summed E-state index contributed by atoms with van der Waals surface area (Å²) in [6.45, 7) is 9.43. The zero-order valence-corrected chi connectivity index (χ0v) is 8.34. The van der Waals surface area contributed by atoms with Crippen LogP contribution < -0.4 is 0 Å². The van der Waals surface area contributed by atoms with Gasteiger partial charge in [0, 0.05) is 18.7 Å². The molecule has 0 aliphatic heterocycles. The van der Waals surface area contributed by atoms with Crippen molar-refractivity contribution in [3.8, 4) is 0 Å². The second-order valence-corrected chi connectivity index (χ2v) is 3.51. The topological polar surface area (TPSA) is 21.6 Å². The van der Waals surface area contributed by atoms with Crippen LogP contribution in [0.15, 0.2) is 17.6 Å². The first-order chi connectivity index (χ1) is 5.62. The standard InChI is InChI=1S/C10H19NO/c1-5-6-10(2,3)9-11-7-8-12-4/h5,9H,1,6-8H2,2-4H3. The summed E-state index contributed by atoms with van der Waals surface area (Å²) in [6.07, 6.45) is 4.86. The van der Waals surface area contributed by atoms with Gasteiger partial charge in [-0.3, -0.25) is 4.99 Å². The van der Waals surface area contributed by atoms with Crippen LogP contribution in [0.25, 0.3) is 0 Å². The summed E-state index contributed by atoms with van der Waals surface area (Å²) < 4.78 is 4.88. The highest BCUT2D eigenvalue weighted by molar-refractivity contribution is 5.64. The third-order valence-electron chi connectivity index (χ3n) is 1.54. The predicted molar refractivity (Wildman–Crippen MR) is 53.8 cm³/mol. The SMILES string of the molecule is C=CCC(C)(C)C=NCCOC. The molecule has 0 aromatic carbocycles. The van der Waals surface area contributed by atoms with E-state index in [4.69, 9.17) is 4.74 Å². The molecule has 0 aromatic rings. The van der Waals surface area contributed by atoms with Crippen molar-refractivity contribution in [3.05, 3.63) is 12.7 Å². The number of hydrogen-bond donors (Lipinski definition) is 0. The molecule has 0 atom stereocenters. The van der Waals surface area contributed by atoms with Crippen molar-refractivity contribution < 1.29 is 4.74 Å². The van der Waals surface area contributed by atoms with Crippen LogP contribution in [0.4, 0.5) is 0 Å². The average Bonchev–Trinajstić information content (AvgIpc) is 1.98. The van der Waals surface area contributed by atoms with Gasteiger partial charge in [-0.1, -0.05) is 19.9 Å². The van der Waals surface area contributed by atoms with Crippen molar-refractivity contribution in [2.24, 2.45) is 10.4 Å². The molecular weight excluding hydrogens is 150 g/mol. The number of methoxy groups -OCH3 is 1. The maximum atomic E-state index is 4.88. The van der Waals surface area contributed by atoms with Crippen LogP contribution >= 0.6 is 0 Å². The molecule has 2 nitrogen and oxygen atoms in total. The van der Waals surface area contributed by atoms with Crippen LogP contribution in [0.3, 0.4) is 0 Å². The van der Waals surface area contributed by atoms with Crippen LogP contribution in [0.2, 0.25) is 0 Å². The van der Waals surface area contributed by atoms with Gasteiger partial charge < -0.3 is 4.74 Å². The second-order valence-electron chi connectivity index (χ2n) is 3.51. The van der Waals surface area contributed by atoms with Gasteiger partial charge in [-0.15, -0.1) is 6.58 Å². The van der Waals surface area contributed by atoms with E-state index in [1.165, 1.54) is 0 Å². The number of rotatable bonds is 6. The molecule has 0 radical (unpaired) electrons. The Balaban J connectivity index is 3.70. The van der Waals surface area contributed by atoms with Crippen molar-refractivity contribution in [1.82, 2.24) is 0 Å². The number of ether oxygens (including phenoxy) is 1. The first kappa shape index (κ1) is 11.4. The maximum Gasteiger partial charge on any atom is 0.0657 e. The lowest BCUT2D eigenvalue weighted by Gasteiger charge is -2.15. The molecule has 0 N–H and O–H groups in total. The summed E-state index contributed by atoms with van der Waals surface area (Å²) >= 11 is 0. The van der Waals surface area contributed by atoms with Crippen LogP contribution in [0, 0.1) is 5.41 Å². The Labute approximate surface area is 75.3 Å². The van der Waals surface area contributed by atoms with Gasteiger partial charge in [0.25, 0.3) is 0 Å². The minimum atomic E-state index is 0.134. The lowest BCUT2D eigenvalue weighted by Crippen LogP contribution is -2.12. The Morgan fingerprint density at radius 1 is 1.50 bits per heavy atom. The number of aliphatic imine (C=N–C) groups is 1. The highest BCUT2D eigenvalue weighted by Crippen LogP contribution is 2.17. The highest BCUT2D eigenvalue weighted by Gasteiger charge is 2.11. The summed E-state index contributed by atoms with van der Waals surface area (Å²) in [5.41, 5.74) is 0.134. The molecule has 0 aliphatic rings. The first-order valence-corrected chi connectivity index (χ1v) is 4.23. The smallest absolute Gasteiger partial charge is 0.0657 e. The molecule has 0 rings (SSSR count). The summed E-state index contributed by atoms with van der Waals surface area (Å²) in [6, 6.07) is 0. The van der Waals surface area contributed by atoms with E-state index in [9.17, 15) is 0 Å². The second kappa shape index (κ2) is 5.95. The number of nitrogens with zero attached hydrogens (tertiary/aromatic N) is 1. The Kier molecular flexibility index (Phi) is 5.64. The Morgan fingerprint density at radius 3 is 2.67 bits per heavy atom. The quantitative estimate of drug-likeness (QED) is 0.339. The maximum absolute atomic E-state index is 4.88. The van der Waals surface area contributed by atoms with Crippen molar-refractivity contribution in [2.75, 3.05) is 20.3 Å². The molecule has 0 saturated carbocycles. The van der Waals surface area contributed by atoms with Gasteiger partial charge in [0.2, 0.25) is 0 Å². The van der Waals surface area contributed by atoms with Gasteiger partial charge in [-0.25, -0.2) is 0 Å². The van der Waals surface area contributed by atoms with Crippen LogP contribution in [0.1, 0.15) is 20.3 Å². The Bertz CT molecular complexity index is 150. The lowest BCUT2D eigenvalue weighted by atomic mass is 9.91. The molecule has 0 aromatic heterocycles. The molecule has 0 fully saturated rings. The van der Waals surface area contributed by atoms with Crippen LogP contribution in [-0.4, -0.2) is 26.5 Å². The Hall–Kier alpha value is -0.630. The molecule has 0 aliphatic carbocycles. The number of allylic oxidation sites excluding steroid dienone is 1. The van der Waals surface area contributed by atoms with Gasteiger partial charge in [0.15, 0.2) is 0 Å². The van der Waals surface area contributed by atoms with E-state index in [0.717, 1.165) is 13.0 Å². The van der Waals surface area contributed by atoms with E-state index in [1.807, 2.05) is 12.3 Å². The zero-order chi connectivity index (χ0) is 9.45. The van der Waals surface area contributed by atoms with Crippen molar-refractivity contribution in [2.45, 2.75) is 20.3 Å². The van der Waals surface area contributed by atoms with E-state index in [2.05, 4.69) is 25.4 Å². The molecule has 0 heterocycles. The summed E-state index contributed by atoms with van der Waals surface area (Å²) in [4.78, 5) is 4.25. The fourth-order valence-corrected chi connectivity index (χ4v) is 0.880. The summed E-state index contributed by atoms with van der Waals surface area (Å²) in [5.74, 6) is 0. The van der Waals surface area contributed by atoms with E-state index in [-0.39, 0.29) is 5.41 Å². The molecule has 0 spiro atoms. The molecule has 70 valence electrons. The summed E-state index contributed by atoms with van der Waals surface area (Å²) in [5, 5.41) is 0. The molecule has 2 heteroatoms. The Morgan fingerprint density at radius 2 is 2.17 bits per heavy atom. The summed E-state index contributed by atoms with van der Waals surface area (Å²) in [7, 11) is 1.68. The van der Waals surface area contributed by atoms with Gasteiger partial charge in [-0.2, -0.15) is 0 Å². The van der Waals surface area contributed by atoms with Crippen molar-refractivity contribution >= 4 is 6.21 Å². The van der Waals surface area contributed by atoms with Gasteiger partial charge in [0.1, 0.15) is 0 Å². The molecule has 0 saturated heterocycles. The van der Waals surface area contributed by atoms with Crippen molar-refractivity contribution in [3.63, 3.8) is 0 Å². The highest BCUT2D eigenvalue weighted by atomic mass is 16.5. The third-order valence-corrected chi connectivity index (χ3v) is 1.54. The van der Waals surface area contributed by atoms with E-state index >= 15 is 0 Å². The average molecular weight is 169 g/mol. The van der Waals surface area contributed by atoms with Gasteiger partial charge in [0.05, 0.1) is 13.2 Å². The van der Waals surface area contributed by atoms with Crippen LogP contribution in [0.5, 0.6) is 0 Å². The molecule has 0 bridgehead atoms. The number of hydrogen-bond acceptors (Lipinski definition) is 2. The lowest BCUT2D eigenvalue weighted by molar-refractivity contribution is 0.208. The minimum Gasteiger partial charge on any atom is -0.383 e. The largest absolute Gasteiger partial charge is 0.383 e. The zero-order valence-electron chi connectivity index (χ0n) is 8.34. The van der Waals surface area contributed by atoms with Gasteiger partial charge in [-0.05, 0) is 6.42 Å². The van der Waals surface area contributed by atoms with Gasteiger partial charge >= 0.3 is 0 Å². The molecule has 0 amide bonds. The van der Waals surface area contributed by atoms with E-state index in [1.54, 1.807) is 7.11 Å².